The van der Waals surface area contributed by atoms with Crippen LogP contribution in [0.1, 0.15) is 55.9 Å². The van der Waals surface area contributed by atoms with Crippen molar-refractivity contribution in [2.24, 2.45) is 0 Å². The summed E-state index contributed by atoms with van der Waals surface area (Å²) in [5.41, 5.74) is 4.58. The maximum atomic E-state index is 13.4. The highest BCUT2D eigenvalue weighted by molar-refractivity contribution is 6.29. The first-order valence-electron chi connectivity index (χ1n) is 12.0. The molecule has 1 aromatic carbocycles. The van der Waals surface area contributed by atoms with Crippen molar-refractivity contribution < 1.29 is 19.1 Å². The number of carbonyl (C=O) groups excluding carboxylic acids is 2. The van der Waals surface area contributed by atoms with Crippen molar-refractivity contribution in [1.82, 2.24) is 15.2 Å². The molecule has 0 saturated carbocycles. The van der Waals surface area contributed by atoms with E-state index in [1.807, 2.05) is 31.7 Å². The number of halogens is 1. The lowest BCUT2D eigenvalue weighted by Crippen LogP contribution is -2.49. The molecule has 4 heterocycles. The molecule has 1 N–H and O–H groups in total. The van der Waals surface area contributed by atoms with Gasteiger partial charge in [-0.3, -0.25) is 4.90 Å². The standard InChI is InChI=1S/C26H31ClN4O4/c1-25(2,3)35-24(33)30-8-5-26(6-9-30)16-31(21-12-19-15-34-14-18(19)11-20(21)26)23(32)29-13-17-4-7-28-22(27)10-17/h4,7,10-12H,5-6,8-9,13-16H2,1-3H3,(H,29,32). The fourth-order valence-electron chi connectivity index (χ4n) is 5.22. The number of hydrogen-bond acceptors (Lipinski definition) is 5. The third-order valence-corrected chi connectivity index (χ3v) is 7.21. The minimum atomic E-state index is -0.527. The van der Waals surface area contributed by atoms with Crippen molar-refractivity contribution in [2.45, 2.75) is 64.4 Å². The van der Waals surface area contributed by atoms with E-state index in [4.69, 9.17) is 21.1 Å². The number of ether oxygens (including phenoxy) is 2. The number of benzene rings is 1. The second-order valence-electron chi connectivity index (χ2n) is 10.6. The fourth-order valence-corrected chi connectivity index (χ4v) is 5.41. The first-order chi connectivity index (χ1) is 16.6. The van der Waals surface area contributed by atoms with E-state index in [0.29, 0.717) is 44.5 Å². The van der Waals surface area contributed by atoms with Crippen LogP contribution in [0.3, 0.4) is 0 Å². The molecule has 1 spiro atoms. The number of aromatic nitrogens is 1. The number of fused-ring (bicyclic) bond motifs is 3. The van der Waals surface area contributed by atoms with Crippen LogP contribution in [-0.2, 0) is 34.6 Å². The predicted octanol–water partition coefficient (Wildman–Crippen LogP) is 4.76. The molecule has 0 unspecified atom stereocenters. The molecule has 3 aliphatic rings. The Hall–Kier alpha value is -2.84. The number of nitrogens with zero attached hydrogens (tertiary/aromatic N) is 3. The van der Waals surface area contributed by atoms with Gasteiger partial charge in [-0.2, -0.15) is 0 Å². The van der Waals surface area contributed by atoms with Gasteiger partial charge in [-0.05, 0) is 74.1 Å². The quantitative estimate of drug-likeness (QED) is 0.603. The van der Waals surface area contributed by atoms with Crippen molar-refractivity contribution in [3.05, 3.63) is 57.9 Å². The summed E-state index contributed by atoms with van der Waals surface area (Å²) < 4.78 is 11.3. The zero-order valence-electron chi connectivity index (χ0n) is 20.4. The van der Waals surface area contributed by atoms with Gasteiger partial charge >= 0.3 is 12.1 Å². The number of hydrogen-bond donors (Lipinski definition) is 1. The van der Waals surface area contributed by atoms with E-state index in [0.717, 1.165) is 29.7 Å². The van der Waals surface area contributed by atoms with Crippen molar-refractivity contribution >= 4 is 29.4 Å². The molecule has 186 valence electrons. The smallest absolute Gasteiger partial charge is 0.410 e. The summed E-state index contributed by atoms with van der Waals surface area (Å²) in [4.78, 5) is 33.6. The van der Waals surface area contributed by atoms with Crippen molar-refractivity contribution in [2.75, 3.05) is 24.5 Å². The molecule has 0 bridgehead atoms. The van der Waals surface area contributed by atoms with Gasteiger partial charge in [0, 0.05) is 43.5 Å². The number of anilines is 1. The first kappa shape index (κ1) is 23.9. The Morgan fingerprint density at radius 3 is 2.57 bits per heavy atom. The van der Waals surface area contributed by atoms with E-state index in [-0.39, 0.29) is 17.5 Å². The van der Waals surface area contributed by atoms with E-state index in [1.165, 1.54) is 11.1 Å². The number of rotatable bonds is 2. The molecular weight excluding hydrogens is 468 g/mol. The summed E-state index contributed by atoms with van der Waals surface area (Å²) >= 11 is 5.99. The number of pyridine rings is 1. The molecule has 3 aliphatic heterocycles. The summed E-state index contributed by atoms with van der Waals surface area (Å²) in [6.45, 7) is 8.91. The minimum absolute atomic E-state index is 0.149. The van der Waals surface area contributed by atoms with Crippen LogP contribution in [-0.4, -0.2) is 47.2 Å². The van der Waals surface area contributed by atoms with Gasteiger partial charge in [0.05, 0.1) is 13.2 Å². The molecule has 1 saturated heterocycles. The van der Waals surface area contributed by atoms with E-state index >= 15 is 0 Å². The summed E-state index contributed by atoms with van der Waals surface area (Å²) in [7, 11) is 0. The molecule has 35 heavy (non-hydrogen) atoms. The monoisotopic (exact) mass is 498 g/mol. The van der Waals surface area contributed by atoms with Gasteiger partial charge in [0.2, 0.25) is 0 Å². The van der Waals surface area contributed by atoms with E-state index < -0.39 is 5.60 Å². The van der Waals surface area contributed by atoms with Crippen LogP contribution in [0, 0.1) is 0 Å². The van der Waals surface area contributed by atoms with Crippen molar-refractivity contribution in [3.8, 4) is 0 Å². The average Bonchev–Trinajstić information content (AvgIpc) is 3.38. The largest absolute Gasteiger partial charge is 0.444 e. The molecule has 1 aromatic heterocycles. The predicted molar refractivity (Wildman–Crippen MR) is 132 cm³/mol. The SMILES string of the molecule is CC(C)(C)OC(=O)N1CCC2(CC1)CN(C(=O)NCc1ccnc(Cl)c1)c1cc3c(cc12)COC3. The van der Waals surface area contributed by atoms with Crippen LogP contribution in [0.5, 0.6) is 0 Å². The number of urea groups is 1. The lowest BCUT2D eigenvalue weighted by Gasteiger charge is -2.40. The van der Waals surface area contributed by atoms with Gasteiger partial charge in [-0.15, -0.1) is 0 Å². The first-order valence-corrected chi connectivity index (χ1v) is 12.4. The second-order valence-corrected chi connectivity index (χ2v) is 11.0. The Bertz CT molecular complexity index is 1150. The third kappa shape index (κ3) is 4.82. The van der Waals surface area contributed by atoms with Crippen LogP contribution < -0.4 is 10.2 Å². The summed E-state index contributed by atoms with van der Waals surface area (Å²) in [5, 5.41) is 3.43. The number of carbonyl (C=O) groups is 2. The maximum absolute atomic E-state index is 13.4. The lowest BCUT2D eigenvalue weighted by molar-refractivity contribution is 0.0170. The Kier molecular flexibility index (Phi) is 6.13. The maximum Gasteiger partial charge on any atom is 0.410 e. The number of piperidine rings is 1. The Morgan fingerprint density at radius 2 is 1.89 bits per heavy atom. The summed E-state index contributed by atoms with van der Waals surface area (Å²) in [6, 6.07) is 7.76. The third-order valence-electron chi connectivity index (χ3n) is 7.01. The van der Waals surface area contributed by atoms with Crippen LogP contribution in [0.2, 0.25) is 5.15 Å². The Labute approximate surface area is 210 Å². The highest BCUT2D eigenvalue weighted by Gasteiger charge is 2.48. The minimum Gasteiger partial charge on any atom is -0.444 e. The van der Waals surface area contributed by atoms with Crippen LogP contribution >= 0.6 is 11.6 Å². The van der Waals surface area contributed by atoms with E-state index in [2.05, 4.69) is 22.4 Å². The van der Waals surface area contributed by atoms with Gasteiger partial charge in [-0.25, -0.2) is 14.6 Å². The number of nitrogens with one attached hydrogen (secondary N) is 1. The molecule has 8 nitrogen and oxygen atoms in total. The lowest BCUT2D eigenvalue weighted by atomic mass is 9.74. The number of likely N-dealkylation sites (tertiary alicyclic amines) is 1. The topological polar surface area (TPSA) is 84.0 Å². The van der Waals surface area contributed by atoms with Gasteiger partial charge in [0.1, 0.15) is 10.8 Å². The molecule has 0 atom stereocenters. The van der Waals surface area contributed by atoms with Gasteiger partial charge in [0.25, 0.3) is 0 Å². The zero-order chi connectivity index (χ0) is 24.8. The van der Waals surface area contributed by atoms with Crippen LogP contribution in [0.25, 0.3) is 0 Å². The molecule has 0 radical (unpaired) electrons. The highest BCUT2D eigenvalue weighted by atomic mass is 35.5. The van der Waals surface area contributed by atoms with Crippen LogP contribution in [0.4, 0.5) is 15.3 Å². The normalized spacial score (nSPS) is 18.4. The molecule has 1 fully saturated rings. The summed E-state index contributed by atoms with van der Waals surface area (Å²) in [6.07, 6.45) is 2.88. The van der Waals surface area contributed by atoms with Crippen LogP contribution in [0.15, 0.2) is 30.5 Å². The fraction of sp³-hybridized carbons (Fsp3) is 0.500. The Balaban J connectivity index is 1.36. The Morgan fingerprint density at radius 1 is 1.17 bits per heavy atom. The van der Waals surface area contributed by atoms with E-state index in [1.54, 1.807) is 17.2 Å². The van der Waals surface area contributed by atoms with Gasteiger partial charge in [-0.1, -0.05) is 17.7 Å². The van der Waals surface area contributed by atoms with E-state index in [9.17, 15) is 9.59 Å². The van der Waals surface area contributed by atoms with Crippen molar-refractivity contribution in [3.63, 3.8) is 0 Å². The van der Waals surface area contributed by atoms with Crippen molar-refractivity contribution in [1.29, 1.82) is 0 Å². The molecular formula is C26H31ClN4O4. The second kappa shape index (κ2) is 8.99. The molecule has 2 aromatic rings. The molecule has 3 amide bonds. The molecule has 9 heteroatoms. The van der Waals surface area contributed by atoms with Gasteiger partial charge in [0.15, 0.2) is 0 Å². The highest BCUT2D eigenvalue weighted by Crippen LogP contribution is 2.49. The summed E-state index contributed by atoms with van der Waals surface area (Å²) in [5.74, 6) is 0. The zero-order valence-corrected chi connectivity index (χ0v) is 21.2. The number of amides is 3. The molecule has 5 rings (SSSR count). The van der Waals surface area contributed by atoms with Gasteiger partial charge < -0.3 is 19.7 Å². The molecule has 0 aliphatic carbocycles. The average molecular weight is 499 g/mol.